The molecule has 7 heteroatoms. The minimum atomic E-state index is -3.69. The molecule has 0 aliphatic carbocycles. The minimum absolute atomic E-state index is 0.115. The fourth-order valence-electron chi connectivity index (χ4n) is 1.43. The number of nitrogens with one attached hydrogen (secondary N) is 1. The van der Waals surface area contributed by atoms with Gasteiger partial charge >= 0.3 is 0 Å². The molecule has 1 N–H and O–H groups in total. The molecule has 0 spiro atoms. The van der Waals surface area contributed by atoms with Crippen molar-refractivity contribution in [3.8, 4) is 0 Å². The number of halogens is 2. The lowest BCUT2D eigenvalue weighted by atomic mass is 10.2. The lowest BCUT2D eigenvalue weighted by molar-refractivity contribution is 0.601. The molecule has 0 aliphatic heterocycles. The average molecular weight is 362 g/mol. The number of nitrogens with zero attached hydrogens (tertiary/aromatic N) is 1. The van der Waals surface area contributed by atoms with E-state index in [1.54, 1.807) is 24.3 Å². The Kier molecular flexibility index (Phi) is 4.13. The lowest BCUT2D eigenvalue weighted by Gasteiger charge is -2.09. The summed E-state index contributed by atoms with van der Waals surface area (Å²) in [6.07, 6.45) is 1.47. The van der Waals surface area contributed by atoms with E-state index in [4.69, 9.17) is 11.6 Å². The summed E-state index contributed by atoms with van der Waals surface area (Å²) >= 11 is 9.20. The summed E-state index contributed by atoms with van der Waals surface area (Å²) < 4.78 is 27.6. The van der Waals surface area contributed by atoms with Crippen molar-refractivity contribution in [1.82, 2.24) is 4.98 Å². The maximum Gasteiger partial charge on any atom is 0.263 e. The molecule has 0 bridgehead atoms. The van der Waals surface area contributed by atoms with E-state index in [9.17, 15) is 8.42 Å². The van der Waals surface area contributed by atoms with Crippen LogP contribution in [0, 0.1) is 6.92 Å². The van der Waals surface area contributed by atoms with Crippen molar-refractivity contribution in [3.63, 3.8) is 0 Å². The first kappa shape index (κ1) is 14.3. The van der Waals surface area contributed by atoms with E-state index < -0.39 is 10.0 Å². The molecule has 0 fully saturated rings. The van der Waals surface area contributed by atoms with Crippen molar-refractivity contribution in [3.05, 3.63) is 51.6 Å². The third-order valence-corrected chi connectivity index (χ3v) is 4.96. The van der Waals surface area contributed by atoms with Crippen LogP contribution in [0.4, 0.5) is 5.82 Å². The predicted octanol–water partition coefficient (Wildman–Crippen LogP) is 3.61. The molecule has 0 amide bonds. The molecule has 0 saturated heterocycles. The first-order valence-corrected chi connectivity index (χ1v) is 7.95. The molecule has 0 unspecified atom stereocenters. The molecule has 0 saturated carbocycles. The maximum atomic E-state index is 12.2. The second kappa shape index (κ2) is 5.48. The number of sulfonamides is 1. The summed E-state index contributed by atoms with van der Waals surface area (Å²) in [4.78, 5) is 4.06. The van der Waals surface area contributed by atoms with Crippen molar-refractivity contribution < 1.29 is 8.42 Å². The van der Waals surface area contributed by atoms with Crippen LogP contribution in [-0.2, 0) is 10.0 Å². The molecule has 2 aromatic rings. The number of hydrogen-bond acceptors (Lipinski definition) is 3. The van der Waals surface area contributed by atoms with Gasteiger partial charge in [-0.1, -0.05) is 27.5 Å². The summed E-state index contributed by atoms with van der Waals surface area (Å²) in [5.41, 5.74) is 0.829. The number of aryl methyl sites for hydroxylation is 1. The SMILES string of the molecule is Cc1cc(S(=O)(=O)Nc2ncccc2Cl)ccc1Br. The van der Waals surface area contributed by atoms with E-state index in [1.165, 1.54) is 12.3 Å². The lowest BCUT2D eigenvalue weighted by Crippen LogP contribution is -2.14. The zero-order chi connectivity index (χ0) is 14.0. The van der Waals surface area contributed by atoms with E-state index in [-0.39, 0.29) is 15.7 Å². The van der Waals surface area contributed by atoms with Gasteiger partial charge in [-0.05, 0) is 42.8 Å². The Morgan fingerprint density at radius 1 is 1.32 bits per heavy atom. The summed E-state index contributed by atoms with van der Waals surface area (Å²) in [5.74, 6) is 0.115. The Hall–Kier alpha value is -1.11. The van der Waals surface area contributed by atoms with Crippen LogP contribution < -0.4 is 4.72 Å². The average Bonchev–Trinajstić information content (AvgIpc) is 2.35. The van der Waals surface area contributed by atoms with Crippen molar-refractivity contribution in [2.24, 2.45) is 0 Å². The molecule has 0 radical (unpaired) electrons. The van der Waals surface area contributed by atoms with Crippen molar-refractivity contribution in [2.75, 3.05) is 4.72 Å². The number of anilines is 1. The van der Waals surface area contributed by atoms with Crippen molar-refractivity contribution >= 4 is 43.4 Å². The molecule has 1 aromatic heterocycles. The highest BCUT2D eigenvalue weighted by Gasteiger charge is 2.17. The Bertz CT molecular complexity index is 719. The fraction of sp³-hybridized carbons (Fsp3) is 0.0833. The first-order valence-electron chi connectivity index (χ1n) is 5.29. The van der Waals surface area contributed by atoms with Gasteiger partial charge in [-0.25, -0.2) is 13.4 Å². The zero-order valence-electron chi connectivity index (χ0n) is 9.89. The zero-order valence-corrected chi connectivity index (χ0v) is 13.1. The van der Waals surface area contributed by atoms with Crippen LogP contribution in [0.3, 0.4) is 0 Å². The van der Waals surface area contributed by atoms with Gasteiger partial charge in [0.1, 0.15) is 0 Å². The van der Waals surface area contributed by atoms with Gasteiger partial charge in [-0.2, -0.15) is 0 Å². The van der Waals surface area contributed by atoms with Gasteiger partial charge in [0, 0.05) is 10.7 Å². The van der Waals surface area contributed by atoms with Gasteiger partial charge in [0.25, 0.3) is 10.0 Å². The van der Waals surface area contributed by atoms with E-state index >= 15 is 0 Å². The van der Waals surface area contributed by atoms with E-state index in [0.29, 0.717) is 0 Å². The Morgan fingerprint density at radius 2 is 2.05 bits per heavy atom. The van der Waals surface area contributed by atoms with Gasteiger partial charge in [-0.15, -0.1) is 0 Å². The molecule has 100 valence electrons. The quantitative estimate of drug-likeness (QED) is 0.908. The van der Waals surface area contributed by atoms with Crippen LogP contribution in [0.5, 0.6) is 0 Å². The fourth-order valence-corrected chi connectivity index (χ4v) is 3.02. The van der Waals surface area contributed by atoms with Crippen LogP contribution >= 0.6 is 27.5 Å². The number of pyridine rings is 1. The standard InChI is InChI=1S/C12H10BrClN2O2S/c1-8-7-9(4-5-10(8)13)19(17,18)16-12-11(14)3-2-6-15-12/h2-7H,1H3,(H,15,16). The number of benzene rings is 1. The molecule has 1 aromatic carbocycles. The van der Waals surface area contributed by atoms with Gasteiger partial charge in [0.15, 0.2) is 5.82 Å². The van der Waals surface area contributed by atoms with E-state index in [2.05, 4.69) is 25.6 Å². The molecule has 0 aliphatic rings. The number of rotatable bonds is 3. The van der Waals surface area contributed by atoms with E-state index in [1.807, 2.05) is 6.92 Å². The third-order valence-electron chi connectivity index (χ3n) is 2.43. The highest BCUT2D eigenvalue weighted by atomic mass is 79.9. The molecule has 4 nitrogen and oxygen atoms in total. The second-order valence-electron chi connectivity index (χ2n) is 3.85. The predicted molar refractivity (Wildman–Crippen MR) is 78.9 cm³/mol. The largest absolute Gasteiger partial charge is 0.263 e. The molecule has 1 heterocycles. The van der Waals surface area contributed by atoms with Crippen LogP contribution in [0.1, 0.15) is 5.56 Å². The monoisotopic (exact) mass is 360 g/mol. The van der Waals surface area contributed by atoms with E-state index in [0.717, 1.165) is 10.0 Å². The molecule has 2 rings (SSSR count). The Labute approximate surface area is 125 Å². The van der Waals surface area contributed by atoms with Crippen LogP contribution in [-0.4, -0.2) is 13.4 Å². The second-order valence-corrected chi connectivity index (χ2v) is 6.79. The van der Waals surface area contributed by atoms with Crippen LogP contribution in [0.15, 0.2) is 45.9 Å². The van der Waals surface area contributed by atoms with Crippen LogP contribution in [0.2, 0.25) is 5.02 Å². The van der Waals surface area contributed by atoms with Gasteiger partial charge in [0.05, 0.1) is 9.92 Å². The van der Waals surface area contributed by atoms with Gasteiger partial charge in [-0.3, -0.25) is 4.72 Å². The highest BCUT2D eigenvalue weighted by molar-refractivity contribution is 9.10. The Morgan fingerprint density at radius 3 is 2.68 bits per heavy atom. The molecule has 19 heavy (non-hydrogen) atoms. The smallest absolute Gasteiger partial charge is 0.262 e. The minimum Gasteiger partial charge on any atom is -0.262 e. The molecular formula is C12H10BrClN2O2S. The van der Waals surface area contributed by atoms with Crippen molar-refractivity contribution in [1.29, 1.82) is 0 Å². The topological polar surface area (TPSA) is 59.1 Å². The molecule has 0 atom stereocenters. The number of aromatic nitrogens is 1. The summed E-state index contributed by atoms with van der Waals surface area (Å²) in [6, 6.07) is 7.96. The van der Waals surface area contributed by atoms with Gasteiger partial charge in [0.2, 0.25) is 0 Å². The third kappa shape index (κ3) is 3.26. The first-order chi connectivity index (χ1) is 8.90. The normalized spacial score (nSPS) is 11.3. The van der Waals surface area contributed by atoms with Gasteiger partial charge < -0.3 is 0 Å². The van der Waals surface area contributed by atoms with Crippen molar-refractivity contribution in [2.45, 2.75) is 11.8 Å². The summed E-state index contributed by atoms with van der Waals surface area (Å²) in [7, 11) is -3.69. The molecular weight excluding hydrogens is 352 g/mol. The van der Waals surface area contributed by atoms with Crippen LogP contribution in [0.25, 0.3) is 0 Å². The summed E-state index contributed by atoms with van der Waals surface area (Å²) in [6.45, 7) is 1.82. The highest BCUT2D eigenvalue weighted by Crippen LogP contribution is 2.24. The maximum absolute atomic E-state index is 12.2. The number of hydrogen-bond donors (Lipinski definition) is 1. The summed E-state index contributed by atoms with van der Waals surface area (Å²) in [5, 5.41) is 0.250. The Balaban J connectivity index is 2.38.